The second-order valence-electron chi connectivity index (χ2n) is 23.4. The van der Waals surface area contributed by atoms with Crippen molar-refractivity contribution in [2.75, 3.05) is 39.6 Å². The average Bonchev–Trinajstić information content (AvgIpc) is 1.00. The number of phosphoric acid groups is 2. The molecular formula is C81H126O17P2. The van der Waals surface area contributed by atoms with Crippen LogP contribution in [0.3, 0.4) is 0 Å². The summed E-state index contributed by atoms with van der Waals surface area (Å²) in [4.78, 5) is 72.6. The third kappa shape index (κ3) is 70.3. The van der Waals surface area contributed by atoms with Crippen LogP contribution in [0.5, 0.6) is 0 Å². The van der Waals surface area contributed by atoms with Gasteiger partial charge in [0.1, 0.15) is 19.3 Å². The zero-order valence-electron chi connectivity index (χ0n) is 61.0. The summed E-state index contributed by atoms with van der Waals surface area (Å²) in [5, 5.41) is 10.6. The molecular weight excluding hydrogens is 1310 g/mol. The molecule has 0 aromatic rings. The van der Waals surface area contributed by atoms with Crippen molar-refractivity contribution in [3.8, 4) is 0 Å². The van der Waals surface area contributed by atoms with Crippen molar-refractivity contribution in [1.29, 1.82) is 0 Å². The average molecular weight is 1430 g/mol. The Morgan fingerprint density at radius 2 is 0.570 bits per heavy atom. The smallest absolute Gasteiger partial charge is 0.462 e. The topological polar surface area (TPSA) is 237 Å². The molecule has 0 aliphatic heterocycles. The molecule has 562 valence electrons. The van der Waals surface area contributed by atoms with Gasteiger partial charge in [-0.2, -0.15) is 0 Å². The Kier molecular flexibility index (Phi) is 67.0. The summed E-state index contributed by atoms with van der Waals surface area (Å²) in [6.45, 7) is 4.17. The molecule has 0 aliphatic rings. The molecule has 0 aromatic heterocycles. The van der Waals surface area contributed by atoms with Crippen LogP contribution in [0.2, 0.25) is 0 Å². The zero-order valence-corrected chi connectivity index (χ0v) is 62.8. The minimum absolute atomic E-state index is 0.00631. The molecule has 19 heteroatoms. The first kappa shape index (κ1) is 93.9. The number of carbonyl (C=O) groups is 4. The highest BCUT2D eigenvalue weighted by Gasteiger charge is 2.30. The van der Waals surface area contributed by atoms with Gasteiger partial charge in [0.25, 0.3) is 0 Å². The van der Waals surface area contributed by atoms with E-state index >= 15 is 0 Å². The Labute approximate surface area is 602 Å². The largest absolute Gasteiger partial charge is 0.472 e. The summed E-state index contributed by atoms with van der Waals surface area (Å²) < 4.78 is 68.1. The maximum absolute atomic E-state index is 13.1. The lowest BCUT2D eigenvalue weighted by molar-refractivity contribution is -0.161. The van der Waals surface area contributed by atoms with Crippen molar-refractivity contribution in [3.63, 3.8) is 0 Å². The van der Waals surface area contributed by atoms with E-state index in [0.717, 1.165) is 135 Å². The maximum atomic E-state index is 13.1. The van der Waals surface area contributed by atoms with Crippen molar-refractivity contribution in [2.45, 2.75) is 251 Å². The summed E-state index contributed by atoms with van der Waals surface area (Å²) >= 11 is 0. The van der Waals surface area contributed by atoms with Crippen LogP contribution in [0.25, 0.3) is 0 Å². The third-order valence-electron chi connectivity index (χ3n) is 14.1. The van der Waals surface area contributed by atoms with Gasteiger partial charge in [-0.05, 0) is 148 Å². The standard InChI is InChI=1S/C81H126O17P2/c1-5-9-13-17-21-25-29-32-35-37-40-43-47-50-54-58-62-66-79(84)92-72-77(98-81(86)68-64-60-56-52-48-44-41-38-36-33-30-26-22-18-14-10-6-2)74-96-100(89,90)94-70-75(82)69-93-99(87,88)95-73-76(97-80(85)67-63-59-55-51-45-28-24-20-16-12-8-4)71-91-78(83)65-61-57-53-49-46-42-39-34-31-27-23-19-15-11-7-3/h9-11,13-15,20-27,32-36,39-41,43-44,46,49-50,52,54,56-57,61,75-77,82H,5-8,12,16-19,28-31,37-38,42,45,47-48,51,53,55,58-60,62-74H2,1-4H3,(H,87,88)(H,89,90)/b13-9-,14-10-,15-11-,24-20-,25-21-,26-22-,27-23-,35-32-,36-33-,39-34-,43-40-,44-41-,49-46-,54-50-,56-52-,61-57-. The third-order valence-corrected chi connectivity index (χ3v) is 16.0. The van der Waals surface area contributed by atoms with E-state index in [1.165, 1.54) is 6.42 Å². The van der Waals surface area contributed by atoms with E-state index in [-0.39, 0.29) is 25.7 Å². The van der Waals surface area contributed by atoms with Crippen LogP contribution >= 0.6 is 15.6 Å². The first-order valence-electron chi connectivity index (χ1n) is 36.7. The van der Waals surface area contributed by atoms with Gasteiger partial charge < -0.3 is 33.8 Å². The molecule has 0 heterocycles. The Hall–Kier alpha value is -6.10. The Bertz CT molecular complexity index is 2670. The maximum Gasteiger partial charge on any atom is 0.472 e. The molecule has 0 spiro atoms. The summed E-state index contributed by atoms with van der Waals surface area (Å²) in [5.41, 5.74) is 0. The number of hydrogen-bond donors (Lipinski definition) is 3. The van der Waals surface area contributed by atoms with E-state index in [4.69, 9.17) is 37.0 Å². The number of phosphoric ester groups is 2. The highest BCUT2D eigenvalue weighted by Crippen LogP contribution is 2.45. The van der Waals surface area contributed by atoms with E-state index in [0.29, 0.717) is 38.5 Å². The van der Waals surface area contributed by atoms with Crippen molar-refractivity contribution < 1.29 is 80.2 Å². The van der Waals surface area contributed by atoms with Crippen LogP contribution in [0.1, 0.15) is 233 Å². The van der Waals surface area contributed by atoms with E-state index in [2.05, 4.69) is 174 Å². The fourth-order valence-electron chi connectivity index (χ4n) is 8.58. The lowest BCUT2D eigenvalue weighted by Crippen LogP contribution is -2.30. The predicted octanol–water partition coefficient (Wildman–Crippen LogP) is 21.0. The fraction of sp³-hybridized carbons (Fsp3) is 0.556. The van der Waals surface area contributed by atoms with Crippen LogP contribution in [-0.4, -0.2) is 96.7 Å². The predicted molar refractivity (Wildman–Crippen MR) is 408 cm³/mol. The number of carbonyl (C=O) groups excluding carboxylic acids is 4. The highest BCUT2D eigenvalue weighted by molar-refractivity contribution is 7.47. The van der Waals surface area contributed by atoms with Gasteiger partial charge in [-0.3, -0.25) is 37.3 Å². The Morgan fingerprint density at radius 3 is 0.940 bits per heavy atom. The van der Waals surface area contributed by atoms with Crippen molar-refractivity contribution >= 4 is 39.5 Å². The number of aliphatic hydroxyl groups is 1. The second-order valence-corrected chi connectivity index (χ2v) is 26.3. The van der Waals surface area contributed by atoms with Crippen LogP contribution in [0.15, 0.2) is 194 Å². The molecule has 5 atom stereocenters. The minimum Gasteiger partial charge on any atom is -0.462 e. The van der Waals surface area contributed by atoms with Gasteiger partial charge in [0.2, 0.25) is 0 Å². The molecule has 0 bridgehead atoms. The number of allylic oxidation sites excluding steroid dienone is 31. The fourth-order valence-corrected chi connectivity index (χ4v) is 10.2. The molecule has 0 amide bonds. The summed E-state index contributed by atoms with van der Waals surface area (Å²) in [6, 6.07) is 0. The Morgan fingerprint density at radius 1 is 0.300 bits per heavy atom. The van der Waals surface area contributed by atoms with Gasteiger partial charge in [-0.25, -0.2) is 9.13 Å². The number of rotatable bonds is 66. The SMILES string of the molecule is CC/C=C\C/C=C\C/C=C\C/C=C\C/C=C\CCCC(=O)OCC(COP(=O)(O)OCC(O)COP(=O)(O)OCC(COC(=O)C/C=C\C/C=C\C/C=C\C/C=C\C/C=C\CC)OC(=O)CCCCCCC/C=C\CCCC)OC(=O)CCC/C=C\C/C=C\C/C=C\C/C=C\C/C=C\CC. The van der Waals surface area contributed by atoms with Gasteiger partial charge in [0.15, 0.2) is 12.2 Å². The van der Waals surface area contributed by atoms with Gasteiger partial charge in [-0.1, -0.05) is 254 Å². The molecule has 0 saturated heterocycles. The van der Waals surface area contributed by atoms with Crippen LogP contribution in [0, 0.1) is 0 Å². The normalized spacial score (nSPS) is 15.1. The molecule has 0 radical (unpaired) electrons. The lowest BCUT2D eigenvalue weighted by Gasteiger charge is -2.21. The highest BCUT2D eigenvalue weighted by atomic mass is 31.2. The lowest BCUT2D eigenvalue weighted by atomic mass is 10.1. The van der Waals surface area contributed by atoms with Crippen LogP contribution in [-0.2, 0) is 65.4 Å². The van der Waals surface area contributed by atoms with Crippen LogP contribution in [0.4, 0.5) is 0 Å². The monoisotopic (exact) mass is 1430 g/mol. The zero-order chi connectivity index (χ0) is 73.2. The quantitative estimate of drug-likeness (QED) is 0.0169. The van der Waals surface area contributed by atoms with Gasteiger partial charge in [0.05, 0.1) is 32.8 Å². The molecule has 5 unspecified atom stereocenters. The molecule has 0 rings (SSSR count). The van der Waals surface area contributed by atoms with Crippen molar-refractivity contribution in [3.05, 3.63) is 194 Å². The van der Waals surface area contributed by atoms with E-state index in [1.54, 1.807) is 6.08 Å². The number of hydrogen-bond acceptors (Lipinski definition) is 15. The summed E-state index contributed by atoms with van der Waals surface area (Å²) in [7, 11) is -10.0. The number of unbranched alkanes of at least 4 members (excludes halogenated alkanes) is 9. The molecule has 0 saturated carbocycles. The molecule has 0 aliphatic carbocycles. The number of aliphatic hydroxyl groups excluding tert-OH is 1. The first-order valence-corrected chi connectivity index (χ1v) is 39.7. The first-order chi connectivity index (χ1) is 48.7. The number of ether oxygens (including phenoxy) is 4. The van der Waals surface area contributed by atoms with E-state index < -0.39 is 97.5 Å². The molecule has 3 N–H and O–H groups in total. The van der Waals surface area contributed by atoms with Crippen molar-refractivity contribution in [2.24, 2.45) is 0 Å². The van der Waals surface area contributed by atoms with Crippen molar-refractivity contribution in [1.82, 2.24) is 0 Å². The van der Waals surface area contributed by atoms with E-state index in [9.17, 15) is 43.2 Å². The van der Waals surface area contributed by atoms with Crippen LogP contribution < -0.4 is 0 Å². The molecule has 100 heavy (non-hydrogen) atoms. The number of esters is 4. The van der Waals surface area contributed by atoms with Gasteiger partial charge >= 0.3 is 39.5 Å². The Balaban J connectivity index is 5.54. The minimum atomic E-state index is -5.02. The second kappa shape index (κ2) is 71.3. The van der Waals surface area contributed by atoms with E-state index in [1.807, 2.05) is 42.5 Å². The van der Waals surface area contributed by atoms with Gasteiger partial charge in [0, 0.05) is 19.3 Å². The molecule has 0 fully saturated rings. The summed E-state index contributed by atoms with van der Waals surface area (Å²) in [6.07, 6.45) is 86.3. The molecule has 0 aromatic carbocycles. The van der Waals surface area contributed by atoms with Gasteiger partial charge in [-0.15, -0.1) is 0 Å². The summed E-state index contributed by atoms with van der Waals surface area (Å²) in [5.74, 6) is -2.50. The molecule has 17 nitrogen and oxygen atoms in total.